The first kappa shape index (κ1) is 17.7. The summed E-state index contributed by atoms with van der Waals surface area (Å²) in [5.74, 6) is -0.670. The van der Waals surface area contributed by atoms with Gasteiger partial charge in [-0.1, -0.05) is 80.2 Å². The number of rotatable bonds is 4. The van der Waals surface area contributed by atoms with E-state index in [0.29, 0.717) is 17.5 Å². The van der Waals surface area contributed by atoms with Crippen LogP contribution in [0.15, 0.2) is 76.5 Å². The lowest BCUT2D eigenvalue weighted by molar-refractivity contribution is 0.0815. The van der Waals surface area contributed by atoms with Gasteiger partial charge in [0, 0.05) is 27.3 Å². The monoisotopic (exact) mass is 372 g/mol. The highest BCUT2D eigenvalue weighted by Gasteiger charge is 2.29. The summed E-state index contributed by atoms with van der Waals surface area (Å²) < 4.78 is 0. The Morgan fingerprint density at radius 2 is 1.52 bits per heavy atom. The largest absolute Gasteiger partial charge is 0.285 e. The van der Waals surface area contributed by atoms with Gasteiger partial charge in [-0.3, -0.25) is 9.59 Å². The molecular formula is C24H20O2S. The lowest BCUT2D eigenvalue weighted by Gasteiger charge is -2.24. The molecule has 0 fully saturated rings. The van der Waals surface area contributed by atoms with Crippen molar-refractivity contribution in [1.82, 2.24) is 0 Å². The summed E-state index contributed by atoms with van der Waals surface area (Å²) in [6.07, 6.45) is 0.683. The summed E-state index contributed by atoms with van der Waals surface area (Å²) in [5.41, 5.74) is 4.18. The summed E-state index contributed by atoms with van der Waals surface area (Å²) in [5, 5.41) is 0. The number of carbonyl (C=O) groups excluding carboxylic acids is 2. The zero-order valence-corrected chi connectivity index (χ0v) is 16.2. The van der Waals surface area contributed by atoms with Crippen LogP contribution < -0.4 is 0 Å². The van der Waals surface area contributed by atoms with Crippen molar-refractivity contribution in [2.24, 2.45) is 0 Å². The van der Waals surface area contributed by atoms with Crippen LogP contribution in [0.4, 0.5) is 0 Å². The maximum absolute atomic E-state index is 13.3. The molecule has 0 unspecified atom stereocenters. The van der Waals surface area contributed by atoms with Crippen molar-refractivity contribution in [1.29, 1.82) is 0 Å². The Balaban J connectivity index is 1.84. The molecule has 4 rings (SSSR count). The summed E-state index contributed by atoms with van der Waals surface area (Å²) in [4.78, 5) is 28.5. The molecule has 1 aliphatic rings. The van der Waals surface area contributed by atoms with Crippen LogP contribution >= 0.6 is 11.8 Å². The summed E-state index contributed by atoms with van der Waals surface area (Å²) in [7, 11) is 0. The molecule has 0 saturated heterocycles. The Bertz CT molecular complexity index is 1040. The minimum absolute atomic E-state index is 0.167. The minimum Gasteiger partial charge on any atom is -0.285 e. The van der Waals surface area contributed by atoms with Crippen LogP contribution in [-0.4, -0.2) is 11.6 Å². The van der Waals surface area contributed by atoms with E-state index in [2.05, 4.69) is 32.0 Å². The van der Waals surface area contributed by atoms with Gasteiger partial charge in [-0.05, 0) is 34.7 Å². The molecule has 2 nitrogen and oxygen atoms in total. The second-order valence-corrected chi connectivity index (χ2v) is 8.16. The van der Waals surface area contributed by atoms with E-state index >= 15 is 0 Å². The van der Waals surface area contributed by atoms with Gasteiger partial charge >= 0.3 is 0 Å². The normalized spacial score (nSPS) is 12.4. The second kappa shape index (κ2) is 7.16. The van der Waals surface area contributed by atoms with Gasteiger partial charge in [-0.25, -0.2) is 0 Å². The van der Waals surface area contributed by atoms with E-state index in [1.807, 2.05) is 24.3 Å². The smallest absolute Gasteiger partial charge is 0.234 e. The molecule has 0 spiro atoms. The number of Topliss-reactive ketones (excluding diaryl/α,β-unsaturated/α-hetero) is 2. The highest BCUT2D eigenvalue weighted by atomic mass is 32.2. The van der Waals surface area contributed by atoms with Crippen molar-refractivity contribution in [2.45, 2.75) is 36.0 Å². The molecular weight excluding hydrogens is 352 g/mol. The van der Waals surface area contributed by atoms with E-state index in [-0.39, 0.29) is 5.92 Å². The first-order valence-corrected chi connectivity index (χ1v) is 9.93. The van der Waals surface area contributed by atoms with Crippen LogP contribution in [-0.2, 0) is 6.42 Å². The predicted molar refractivity (Wildman–Crippen MR) is 109 cm³/mol. The molecule has 0 bridgehead atoms. The van der Waals surface area contributed by atoms with Crippen LogP contribution in [0.5, 0.6) is 0 Å². The molecule has 3 aromatic rings. The van der Waals surface area contributed by atoms with E-state index in [1.54, 1.807) is 36.0 Å². The third-order valence-electron chi connectivity index (χ3n) is 4.95. The Kier molecular flexibility index (Phi) is 4.71. The zero-order valence-electron chi connectivity index (χ0n) is 15.4. The van der Waals surface area contributed by atoms with Crippen LogP contribution in [0.3, 0.4) is 0 Å². The van der Waals surface area contributed by atoms with Crippen molar-refractivity contribution < 1.29 is 9.59 Å². The summed E-state index contributed by atoms with van der Waals surface area (Å²) >= 11 is 1.68. The van der Waals surface area contributed by atoms with E-state index in [1.165, 1.54) is 10.5 Å². The zero-order chi connectivity index (χ0) is 19.0. The maximum Gasteiger partial charge on any atom is 0.234 e. The molecule has 0 aliphatic carbocycles. The Morgan fingerprint density at radius 1 is 0.815 bits per heavy atom. The first-order valence-electron chi connectivity index (χ1n) is 9.12. The molecule has 1 aliphatic heterocycles. The van der Waals surface area contributed by atoms with E-state index in [9.17, 15) is 9.59 Å². The van der Waals surface area contributed by atoms with Crippen molar-refractivity contribution in [3.05, 3.63) is 94.5 Å². The fraction of sp³-hybridized carbons (Fsp3) is 0.167. The van der Waals surface area contributed by atoms with Gasteiger partial charge in [0.15, 0.2) is 0 Å². The number of hydrogen-bond donors (Lipinski definition) is 0. The number of fused-ring (bicyclic) bond motifs is 2. The maximum atomic E-state index is 13.3. The fourth-order valence-corrected chi connectivity index (χ4v) is 4.65. The average Bonchev–Trinajstić information content (AvgIpc) is 2.70. The number of carbonyl (C=O) groups is 2. The molecule has 27 heavy (non-hydrogen) atoms. The molecule has 0 aromatic heterocycles. The first-order chi connectivity index (χ1) is 13.1. The summed E-state index contributed by atoms with van der Waals surface area (Å²) in [6.45, 7) is 4.13. The minimum atomic E-state index is -0.435. The lowest BCUT2D eigenvalue weighted by Crippen LogP contribution is -2.20. The van der Waals surface area contributed by atoms with Crippen molar-refractivity contribution >= 4 is 23.3 Å². The third kappa shape index (κ3) is 3.24. The van der Waals surface area contributed by atoms with E-state index < -0.39 is 11.6 Å². The van der Waals surface area contributed by atoms with Gasteiger partial charge in [-0.2, -0.15) is 0 Å². The van der Waals surface area contributed by atoms with Crippen LogP contribution in [0, 0.1) is 0 Å². The summed E-state index contributed by atoms with van der Waals surface area (Å²) in [6, 6.07) is 21.2. The molecule has 134 valence electrons. The Hall–Kier alpha value is -2.65. The predicted octanol–water partition coefficient (Wildman–Crippen LogP) is 5.93. The molecule has 3 aromatic carbocycles. The van der Waals surface area contributed by atoms with Gasteiger partial charge in [0.2, 0.25) is 11.6 Å². The second-order valence-electron chi connectivity index (χ2n) is 7.07. The van der Waals surface area contributed by atoms with Crippen molar-refractivity contribution in [2.75, 3.05) is 0 Å². The van der Waals surface area contributed by atoms with Crippen LogP contribution in [0.1, 0.15) is 57.2 Å². The van der Waals surface area contributed by atoms with E-state index in [0.717, 1.165) is 16.0 Å². The van der Waals surface area contributed by atoms with Gasteiger partial charge in [0.1, 0.15) is 0 Å². The molecule has 0 saturated carbocycles. The molecule has 0 amide bonds. The SMILES string of the molecule is CC(C)c1ccc2c(c1C(=O)C(=O)c1ccccc1)Cc1ccccc1S2. The van der Waals surface area contributed by atoms with Gasteiger partial charge in [-0.15, -0.1) is 0 Å². The van der Waals surface area contributed by atoms with Crippen LogP contribution in [0.25, 0.3) is 0 Å². The molecule has 1 heterocycles. The molecule has 0 N–H and O–H groups in total. The third-order valence-corrected chi connectivity index (χ3v) is 6.17. The topological polar surface area (TPSA) is 34.1 Å². The Labute approximate surface area is 163 Å². The number of ketones is 2. The number of benzene rings is 3. The standard InChI is InChI=1S/C24H20O2S/c1-15(2)18-12-13-21-19(14-17-10-6-7-11-20(17)27-21)22(18)24(26)23(25)16-8-4-3-5-9-16/h3-13,15H,14H2,1-2H3. The van der Waals surface area contributed by atoms with Gasteiger partial charge in [0.25, 0.3) is 0 Å². The lowest BCUT2D eigenvalue weighted by atomic mass is 9.86. The average molecular weight is 372 g/mol. The van der Waals surface area contributed by atoms with Crippen molar-refractivity contribution in [3.63, 3.8) is 0 Å². The number of hydrogen-bond acceptors (Lipinski definition) is 3. The quantitative estimate of drug-likeness (QED) is 0.329. The van der Waals surface area contributed by atoms with Crippen LogP contribution in [0.2, 0.25) is 0 Å². The fourth-order valence-electron chi connectivity index (χ4n) is 3.56. The Morgan fingerprint density at radius 3 is 2.26 bits per heavy atom. The van der Waals surface area contributed by atoms with Crippen molar-refractivity contribution in [3.8, 4) is 0 Å². The highest BCUT2D eigenvalue weighted by Crippen LogP contribution is 2.42. The van der Waals surface area contributed by atoms with E-state index in [4.69, 9.17) is 0 Å². The highest BCUT2D eigenvalue weighted by molar-refractivity contribution is 7.99. The molecule has 3 heteroatoms. The molecule has 0 atom stereocenters. The van der Waals surface area contributed by atoms with Gasteiger partial charge < -0.3 is 0 Å². The molecule has 0 radical (unpaired) electrons. The van der Waals surface area contributed by atoms with Gasteiger partial charge in [0.05, 0.1) is 0 Å².